The number of aliphatic hydroxyl groups is 1. The highest BCUT2D eigenvalue weighted by atomic mass is 31.2. The monoisotopic (exact) mass is 947 g/mol. The molecule has 0 aromatic carbocycles. The minimum absolute atomic E-state index is 0.00754. The predicted octanol–water partition coefficient (Wildman–Crippen LogP) is 15.9. The number of carbonyl (C=O) groups excluding carboxylic acids is 1. The summed E-state index contributed by atoms with van der Waals surface area (Å²) in [5.74, 6) is -0.176. The summed E-state index contributed by atoms with van der Waals surface area (Å²) in [6.45, 7) is 4.62. The molecule has 0 aliphatic rings. The number of rotatable bonds is 50. The molecule has 0 fully saturated rings. The van der Waals surface area contributed by atoms with Crippen molar-refractivity contribution in [2.75, 3.05) is 40.9 Å². The molecule has 0 aliphatic heterocycles. The van der Waals surface area contributed by atoms with E-state index < -0.39 is 20.0 Å². The Morgan fingerprint density at radius 3 is 1.35 bits per heavy atom. The average molecular weight is 947 g/mol. The molecule has 0 saturated heterocycles. The summed E-state index contributed by atoms with van der Waals surface area (Å²) in [4.78, 5) is 25.5. The lowest BCUT2D eigenvalue weighted by molar-refractivity contribution is -0.870. The zero-order valence-electron chi connectivity index (χ0n) is 43.9. The lowest BCUT2D eigenvalue weighted by Gasteiger charge is -2.30. The quantitative estimate of drug-likeness (QED) is 0.0272. The molecule has 3 atom stereocenters. The van der Waals surface area contributed by atoms with Crippen LogP contribution in [0.2, 0.25) is 0 Å². The lowest BCUT2D eigenvalue weighted by Crippen LogP contribution is -2.46. The fourth-order valence-electron chi connectivity index (χ4n) is 7.95. The van der Waals surface area contributed by atoms with E-state index in [9.17, 15) is 19.4 Å². The van der Waals surface area contributed by atoms with Crippen LogP contribution in [0.1, 0.15) is 245 Å². The van der Waals surface area contributed by atoms with E-state index in [0.717, 1.165) is 83.5 Å². The van der Waals surface area contributed by atoms with Crippen molar-refractivity contribution in [2.45, 2.75) is 257 Å². The van der Waals surface area contributed by atoms with Crippen LogP contribution in [0.15, 0.2) is 60.8 Å². The highest BCUT2D eigenvalue weighted by Gasteiger charge is 2.24. The first-order valence-electron chi connectivity index (χ1n) is 27.6. The minimum atomic E-state index is -4.58. The zero-order valence-corrected chi connectivity index (χ0v) is 44.8. The number of amides is 1. The van der Waals surface area contributed by atoms with Gasteiger partial charge >= 0.3 is 0 Å². The zero-order chi connectivity index (χ0) is 48.5. The molecule has 0 heterocycles. The Kier molecular flexibility index (Phi) is 46.9. The Morgan fingerprint density at radius 2 is 0.924 bits per heavy atom. The van der Waals surface area contributed by atoms with Crippen molar-refractivity contribution >= 4 is 13.7 Å². The first kappa shape index (κ1) is 64.2. The number of aliphatic hydroxyl groups excluding tert-OH is 1. The first-order valence-corrected chi connectivity index (χ1v) is 29.1. The number of unbranched alkanes of at least 4 members (excludes halogenated alkanes) is 27. The first-order chi connectivity index (χ1) is 32.0. The molecule has 0 aliphatic carbocycles. The number of quaternary nitrogens is 1. The Morgan fingerprint density at radius 1 is 0.545 bits per heavy atom. The Balaban J connectivity index is 4.25. The molecule has 0 aromatic rings. The van der Waals surface area contributed by atoms with Crippen LogP contribution < -0.4 is 10.2 Å². The molecule has 0 aromatic heterocycles. The SMILES string of the molecule is CC/C=C\C/C=C\C/C=C\C/C=C\C/C=C\CCCCCCCCCC(=O)NC(COP(=O)([O-])OCC[N+](C)(C)C)C(O)CCCCCCCCCCCCCCCCCCCCCCC. The number of phosphoric ester groups is 1. The number of allylic oxidation sites excluding steroid dienone is 10. The van der Waals surface area contributed by atoms with Gasteiger partial charge in [-0.2, -0.15) is 0 Å². The maximum Gasteiger partial charge on any atom is 0.268 e. The van der Waals surface area contributed by atoms with Gasteiger partial charge < -0.3 is 28.8 Å². The van der Waals surface area contributed by atoms with E-state index in [-0.39, 0.29) is 19.1 Å². The largest absolute Gasteiger partial charge is 0.756 e. The summed E-state index contributed by atoms with van der Waals surface area (Å²) >= 11 is 0. The fourth-order valence-corrected chi connectivity index (χ4v) is 8.67. The standard InChI is InChI=1S/C57H107N2O6P/c1-6-8-10-12-14-16-18-20-22-24-26-28-29-31-33-35-37-39-41-43-45-47-49-51-57(61)58-55(54-65-66(62,63)64-53-52-59(3,4)5)56(60)50-48-46-44-42-40-38-36-34-32-30-27-25-23-21-19-17-15-13-11-9-7-2/h8,10,14,16,20,22,26,28,31,33,55-56,60H,6-7,9,11-13,15,17-19,21,23-25,27,29-30,32,34-54H2,1-5H3,(H-,58,61,62,63)/b10-8-,16-14-,22-20-,28-26-,33-31-. The normalized spacial score (nSPS) is 14.5. The number of hydrogen-bond donors (Lipinski definition) is 2. The van der Waals surface area contributed by atoms with Crippen LogP contribution in [0.25, 0.3) is 0 Å². The van der Waals surface area contributed by atoms with Gasteiger partial charge in [0.1, 0.15) is 13.2 Å². The molecular weight excluding hydrogens is 840 g/mol. The van der Waals surface area contributed by atoms with Crippen LogP contribution in [0.3, 0.4) is 0 Å². The maximum absolute atomic E-state index is 13.0. The van der Waals surface area contributed by atoms with Crippen LogP contribution in [0.5, 0.6) is 0 Å². The van der Waals surface area contributed by atoms with Crippen molar-refractivity contribution in [2.24, 2.45) is 0 Å². The van der Waals surface area contributed by atoms with Gasteiger partial charge in [-0.25, -0.2) is 0 Å². The smallest absolute Gasteiger partial charge is 0.268 e. The van der Waals surface area contributed by atoms with E-state index in [2.05, 4.69) is 79.9 Å². The van der Waals surface area contributed by atoms with Gasteiger partial charge in [-0.1, -0.05) is 242 Å². The van der Waals surface area contributed by atoms with E-state index in [1.165, 1.54) is 135 Å². The molecule has 2 N–H and O–H groups in total. The summed E-state index contributed by atoms with van der Waals surface area (Å²) in [5, 5.41) is 14.0. The summed E-state index contributed by atoms with van der Waals surface area (Å²) in [6, 6.07) is -0.810. The highest BCUT2D eigenvalue weighted by Crippen LogP contribution is 2.38. The van der Waals surface area contributed by atoms with Gasteiger partial charge in [0.25, 0.3) is 7.82 Å². The van der Waals surface area contributed by atoms with Gasteiger partial charge in [-0.15, -0.1) is 0 Å². The van der Waals surface area contributed by atoms with E-state index in [0.29, 0.717) is 23.9 Å². The molecule has 0 bridgehead atoms. The number of phosphoric acid groups is 1. The van der Waals surface area contributed by atoms with Crippen molar-refractivity contribution < 1.29 is 32.9 Å². The van der Waals surface area contributed by atoms with Crippen molar-refractivity contribution in [1.82, 2.24) is 5.32 Å². The van der Waals surface area contributed by atoms with Gasteiger partial charge in [0.2, 0.25) is 5.91 Å². The summed E-state index contributed by atoms with van der Waals surface area (Å²) in [7, 11) is 1.29. The van der Waals surface area contributed by atoms with E-state index in [1.807, 2.05) is 21.1 Å². The Bertz CT molecular complexity index is 1260. The molecule has 8 nitrogen and oxygen atoms in total. The molecule has 0 radical (unpaired) electrons. The van der Waals surface area contributed by atoms with Gasteiger partial charge in [-0.3, -0.25) is 9.36 Å². The lowest BCUT2D eigenvalue weighted by atomic mass is 10.0. The predicted molar refractivity (Wildman–Crippen MR) is 284 cm³/mol. The van der Waals surface area contributed by atoms with E-state index in [1.54, 1.807) is 0 Å². The van der Waals surface area contributed by atoms with Crippen molar-refractivity contribution in [3.05, 3.63) is 60.8 Å². The second-order valence-corrected chi connectivity index (χ2v) is 21.3. The third-order valence-corrected chi connectivity index (χ3v) is 13.2. The Labute approximate surface area is 409 Å². The number of likely N-dealkylation sites (N-methyl/N-ethyl adjacent to an activating group) is 1. The fraction of sp³-hybridized carbons (Fsp3) is 0.807. The van der Waals surface area contributed by atoms with Gasteiger partial charge in [0, 0.05) is 6.42 Å². The molecule has 1 amide bonds. The molecule has 9 heteroatoms. The number of hydrogen-bond acceptors (Lipinski definition) is 6. The molecule has 66 heavy (non-hydrogen) atoms. The third-order valence-electron chi connectivity index (χ3n) is 12.3. The highest BCUT2D eigenvalue weighted by molar-refractivity contribution is 7.45. The molecule has 0 saturated carbocycles. The molecule has 3 unspecified atom stereocenters. The second-order valence-electron chi connectivity index (χ2n) is 19.9. The van der Waals surface area contributed by atoms with Crippen LogP contribution in [0, 0.1) is 0 Å². The van der Waals surface area contributed by atoms with Crippen LogP contribution in [-0.4, -0.2) is 68.5 Å². The number of nitrogens with zero attached hydrogens (tertiary/aromatic N) is 1. The van der Waals surface area contributed by atoms with Gasteiger partial charge in [0.15, 0.2) is 0 Å². The van der Waals surface area contributed by atoms with Crippen molar-refractivity contribution in [3.8, 4) is 0 Å². The van der Waals surface area contributed by atoms with Crippen LogP contribution >= 0.6 is 7.82 Å². The molecular formula is C57H107N2O6P. The van der Waals surface area contributed by atoms with Crippen LogP contribution in [-0.2, 0) is 18.4 Å². The Hall–Kier alpha value is -1.80. The summed E-state index contributed by atoms with van der Waals surface area (Å²) in [5.41, 5.74) is 0. The maximum atomic E-state index is 13.0. The van der Waals surface area contributed by atoms with Crippen molar-refractivity contribution in [3.63, 3.8) is 0 Å². The third kappa shape index (κ3) is 50.1. The number of carbonyl (C=O) groups is 1. The molecule has 0 spiro atoms. The van der Waals surface area contributed by atoms with E-state index in [4.69, 9.17) is 9.05 Å². The second kappa shape index (κ2) is 48.2. The van der Waals surface area contributed by atoms with Gasteiger partial charge in [0.05, 0.1) is 39.9 Å². The van der Waals surface area contributed by atoms with E-state index >= 15 is 0 Å². The van der Waals surface area contributed by atoms with Crippen LogP contribution in [0.4, 0.5) is 0 Å². The minimum Gasteiger partial charge on any atom is -0.756 e. The topological polar surface area (TPSA) is 108 Å². The molecule has 0 rings (SSSR count). The van der Waals surface area contributed by atoms with Gasteiger partial charge in [-0.05, 0) is 57.8 Å². The van der Waals surface area contributed by atoms with Crippen molar-refractivity contribution in [1.29, 1.82) is 0 Å². The average Bonchev–Trinajstić information content (AvgIpc) is 3.28. The summed E-state index contributed by atoms with van der Waals surface area (Å²) < 4.78 is 23.4. The molecule has 386 valence electrons. The summed E-state index contributed by atoms with van der Waals surface area (Å²) in [6.07, 6.45) is 63.8. The number of nitrogens with one attached hydrogen (secondary N) is 1.